The van der Waals surface area contributed by atoms with Crippen molar-refractivity contribution in [2.45, 2.75) is 20.3 Å². The van der Waals surface area contributed by atoms with E-state index in [-0.39, 0.29) is 18.1 Å². The summed E-state index contributed by atoms with van der Waals surface area (Å²) in [4.78, 5) is 21.7. The minimum Gasteiger partial charge on any atom is -0.302 e. The monoisotopic (exact) mass is 419 g/mol. The lowest BCUT2D eigenvalue weighted by atomic mass is 10.1. The molecule has 0 saturated carbocycles. The van der Waals surface area contributed by atoms with Crippen LogP contribution in [0.25, 0.3) is 10.2 Å². The van der Waals surface area contributed by atoms with Crippen LogP contribution in [0.1, 0.15) is 19.4 Å². The van der Waals surface area contributed by atoms with Crippen LogP contribution in [0.5, 0.6) is 0 Å². The van der Waals surface area contributed by atoms with Crippen LogP contribution in [0.4, 0.5) is 9.52 Å². The first-order chi connectivity index (χ1) is 13.5. The maximum atomic E-state index is 13.2. The average molecular weight is 420 g/mol. The Hall–Kier alpha value is -2.02. The highest BCUT2D eigenvalue weighted by Gasteiger charge is 2.21. The number of fused-ring (bicyclic) bond motifs is 1. The predicted octanol–water partition coefficient (Wildman–Crippen LogP) is 5.01. The summed E-state index contributed by atoms with van der Waals surface area (Å²) in [6.07, 6.45) is 0.204. The number of benzene rings is 2. The van der Waals surface area contributed by atoms with Crippen molar-refractivity contribution in [2.24, 2.45) is 0 Å². The Morgan fingerprint density at radius 2 is 1.82 bits per heavy atom. The van der Waals surface area contributed by atoms with E-state index in [0.717, 1.165) is 35.4 Å². The number of amides is 1. The van der Waals surface area contributed by atoms with Crippen molar-refractivity contribution in [3.8, 4) is 0 Å². The highest BCUT2D eigenvalue weighted by Crippen LogP contribution is 2.31. The molecule has 0 radical (unpaired) electrons. The summed E-state index contributed by atoms with van der Waals surface area (Å²) < 4.78 is 14.1. The molecule has 1 aromatic heterocycles. The van der Waals surface area contributed by atoms with Gasteiger partial charge in [0.2, 0.25) is 5.91 Å². The van der Waals surface area contributed by atoms with Crippen LogP contribution in [0.3, 0.4) is 0 Å². The summed E-state index contributed by atoms with van der Waals surface area (Å²) >= 11 is 7.55. The zero-order chi connectivity index (χ0) is 20.1. The molecule has 0 atom stereocenters. The second-order valence-corrected chi connectivity index (χ2v) is 7.93. The van der Waals surface area contributed by atoms with E-state index in [1.165, 1.54) is 23.5 Å². The van der Waals surface area contributed by atoms with Gasteiger partial charge >= 0.3 is 0 Å². The quantitative estimate of drug-likeness (QED) is 0.515. The zero-order valence-electron chi connectivity index (χ0n) is 16.0. The Kier molecular flexibility index (Phi) is 6.99. The molecule has 1 amide bonds. The molecule has 4 nitrogen and oxygen atoms in total. The third-order valence-electron chi connectivity index (χ3n) is 4.67. The van der Waals surface area contributed by atoms with E-state index >= 15 is 0 Å². The molecule has 0 aliphatic carbocycles. The molecule has 0 spiro atoms. The standard InChI is InChI=1S/C21H23ClFN3OS/c1-3-25(4-2)11-12-26(20(27)13-15-5-8-17(23)9-6-15)21-24-18-10-7-16(22)14-19(18)28-21/h5-10,14H,3-4,11-13H2,1-2H3. The number of halogens is 2. The van der Waals surface area contributed by atoms with Crippen molar-refractivity contribution < 1.29 is 9.18 Å². The Bertz CT molecular complexity index is 940. The first kappa shape index (κ1) is 20.7. The van der Waals surface area contributed by atoms with Crippen LogP contribution >= 0.6 is 22.9 Å². The number of rotatable bonds is 8. The SMILES string of the molecule is CCN(CC)CCN(C(=O)Cc1ccc(F)cc1)c1nc2ccc(Cl)cc2s1. The van der Waals surface area contributed by atoms with E-state index < -0.39 is 0 Å². The van der Waals surface area contributed by atoms with Crippen LogP contribution in [-0.2, 0) is 11.2 Å². The minimum atomic E-state index is -0.308. The molecule has 0 unspecified atom stereocenters. The van der Waals surface area contributed by atoms with Gasteiger partial charge in [0, 0.05) is 18.1 Å². The molecular weight excluding hydrogens is 397 g/mol. The molecule has 0 aliphatic heterocycles. The second kappa shape index (κ2) is 9.45. The van der Waals surface area contributed by atoms with Crippen LogP contribution in [0.15, 0.2) is 42.5 Å². The van der Waals surface area contributed by atoms with Crippen LogP contribution in [-0.4, -0.2) is 42.0 Å². The van der Waals surface area contributed by atoms with Crippen molar-refractivity contribution in [1.82, 2.24) is 9.88 Å². The molecular formula is C21H23ClFN3OS. The number of carbonyl (C=O) groups excluding carboxylic acids is 1. The summed E-state index contributed by atoms with van der Waals surface area (Å²) in [5.74, 6) is -0.360. The molecule has 28 heavy (non-hydrogen) atoms. The number of anilines is 1. The van der Waals surface area contributed by atoms with Gasteiger partial charge in [-0.25, -0.2) is 9.37 Å². The van der Waals surface area contributed by atoms with E-state index in [1.54, 1.807) is 23.1 Å². The van der Waals surface area contributed by atoms with Gasteiger partial charge in [-0.3, -0.25) is 9.69 Å². The Morgan fingerprint density at radius 3 is 2.50 bits per heavy atom. The summed E-state index contributed by atoms with van der Waals surface area (Å²) in [6, 6.07) is 11.6. The van der Waals surface area contributed by atoms with Gasteiger partial charge in [0.05, 0.1) is 16.6 Å². The summed E-state index contributed by atoms with van der Waals surface area (Å²) in [7, 11) is 0. The molecule has 0 N–H and O–H groups in total. The number of hydrogen-bond donors (Lipinski definition) is 0. The molecule has 3 rings (SSSR count). The first-order valence-electron chi connectivity index (χ1n) is 9.33. The van der Waals surface area contributed by atoms with Crippen LogP contribution < -0.4 is 4.90 Å². The van der Waals surface area contributed by atoms with E-state index in [1.807, 2.05) is 12.1 Å². The maximum absolute atomic E-state index is 13.2. The molecule has 0 aliphatic rings. The molecule has 0 bridgehead atoms. The maximum Gasteiger partial charge on any atom is 0.233 e. The average Bonchev–Trinajstić information content (AvgIpc) is 3.09. The van der Waals surface area contributed by atoms with Gasteiger partial charge in [-0.05, 0) is 49.0 Å². The van der Waals surface area contributed by atoms with Crippen molar-refractivity contribution in [3.05, 3.63) is 58.9 Å². The third-order valence-corrected chi connectivity index (χ3v) is 5.95. The molecule has 3 aromatic rings. The summed E-state index contributed by atoms with van der Waals surface area (Å²) in [5.41, 5.74) is 1.61. The van der Waals surface area contributed by atoms with Crippen molar-refractivity contribution in [1.29, 1.82) is 0 Å². The topological polar surface area (TPSA) is 36.4 Å². The molecule has 1 heterocycles. The fourth-order valence-electron chi connectivity index (χ4n) is 2.98. The van der Waals surface area contributed by atoms with Gasteiger partial charge in [0.25, 0.3) is 0 Å². The van der Waals surface area contributed by atoms with Gasteiger partial charge in [-0.2, -0.15) is 0 Å². The molecule has 7 heteroatoms. The Balaban J connectivity index is 1.86. The fraction of sp³-hybridized carbons (Fsp3) is 0.333. The van der Waals surface area contributed by atoms with Crippen molar-refractivity contribution in [2.75, 3.05) is 31.1 Å². The Labute approximate surface area is 173 Å². The van der Waals surface area contributed by atoms with Gasteiger partial charge in [-0.1, -0.05) is 48.9 Å². The molecule has 148 valence electrons. The van der Waals surface area contributed by atoms with Gasteiger partial charge in [0.15, 0.2) is 5.13 Å². The number of carbonyl (C=O) groups is 1. The number of thiazole rings is 1. The smallest absolute Gasteiger partial charge is 0.233 e. The number of hydrogen-bond acceptors (Lipinski definition) is 4. The highest BCUT2D eigenvalue weighted by atomic mass is 35.5. The predicted molar refractivity (Wildman–Crippen MR) is 115 cm³/mol. The summed E-state index contributed by atoms with van der Waals surface area (Å²) in [6.45, 7) is 7.37. The van der Waals surface area contributed by atoms with Crippen molar-refractivity contribution >= 4 is 44.2 Å². The van der Waals surface area contributed by atoms with Crippen LogP contribution in [0.2, 0.25) is 5.02 Å². The highest BCUT2D eigenvalue weighted by molar-refractivity contribution is 7.22. The number of aromatic nitrogens is 1. The second-order valence-electron chi connectivity index (χ2n) is 6.48. The van der Waals surface area contributed by atoms with E-state index in [4.69, 9.17) is 11.6 Å². The van der Waals surface area contributed by atoms with Gasteiger partial charge < -0.3 is 4.90 Å². The number of nitrogens with zero attached hydrogens (tertiary/aromatic N) is 3. The number of likely N-dealkylation sites (N-methyl/N-ethyl adjacent to an activating group) is 1. The lowest BCUT2D eigenvalue weighted by Crippen LogP contribution is -2.39. The molecule has 0 fully saturated rings. The Morgan fingerprint density at radius 1 is 1.11 bits per heavy atom. The largest absolute Gasteiger partial charge is 0.302 e. The normalized spacial score (nSPS) is 11.3. The lowest BCUT2D eigenvalue weighted by Gasteiger charge is -2.24. The third kappa shape index (κ3) is 5.07. The molecule has 0 saturated heterocycles. The van der Waals surface area contributed by atoms with Crippen molar-refractivity contribution in [3.63, 3.8) is 0 Å². The van der Waals surface area contributed by atoms with Gasteiger partial charge in [0.1, 0.15) is 5.82 Å². The lowest BCUT2D eigenvalue weighted by molar-refractivity contribution is -0.118. The molecule has 2 aromatic carbocycles. The fourth-order valence-corrected chi connectivity index (χ4v) is 4.27. The zero-order valence-corrected chi connectivity index (χ0v) is 17.6. The van der Waals surface area contributed by atoms with Crippen LogP contribution in [0, 0.1) is 5.82 Å². The van der Waals surface area contributed by atoms with Gasteiger partial charge in [-0.15, -0.1) is 0 Å². The summed E-state index contributed by atoms with van der Waals surface area (Å²) in [5, 5.41) is 1.31. The minimum absolute atomic E-state index is 0.0519. The van der Waals surface area contributed by atoms with E-state index in [0.29, 0.717) is 16.7 Å². The first-order valence-corrected chi connectivity index (χ1v) is 10.5. The van der Waals surface area contributed by atoms with E-state index in [2.05, 4.69) is 23.7 Å². The van der Waals surface area contributed by atoms with E-state index in [9.17, 15) is 9.18 Å².